The Labute approximate surface area is 721 Å². The zero-order chi connectivity index (χ0) is 81.0. The zero-order valence-corrected chi connectivity index (χ0v) is 83.7. The number of fused-ring (bicyclic) bond motifs is 3. The second kappa shape index (κ2) is 46.8. The van der Waals surface area contributed by atoms with Crippen LogP contribution in [0.5, 0.6) is 0 Å². The van der Waals surface area contributed by atoms with Gasteiger partial charge in [-0.05, 0) is 142 Å². The van der Waals surface area contributed by atoms with Crippen LogP contribution in [0.2, 0.25) is 56.6 Å². The first-order valence-corrected chi connectivity index (χ1v) is 54.8. The standard InChI is InChI=1S/C29H34N.C24H30GeN.C23H30NSi2.C11H22O2.2C5H10O2.3Ir/c1-20-15-21(2)17-25(16-20)28-14-13-26-27(23-11-7-4-8-12-23)18-24(19-29(26)30-28)22-9-5-3-6-10-22;1-16(2)10-19-14-22(25(5,6)7)21-8-9-23(26-24(21)15-19)20-12-17(3)11-18(4)13-20;1-16-13-17(2)15-18(14-16)20-10-9-19-21(24-20)11-12-22(25(3,4)5)23(19)26(6,7)8;1-8(2)5-10(12)7-11(13)6-9(3)4;2*1-4(6)3-5(2)7;;;/h13-16,18-19,22-23H,3-12H2,1-2H3;8-9,11-12,14-16H,10H2,1-7H3;9-14H,1-8H3;7-10,12-13H,5-6H2,1-4H3;2*3-4,6-7H,1-2H3;;;/q3*-1;;;;;;. The third-order valence-corrected chi connectivity index (χ3v) is 28.3. The molecule has 0 saturated heterocycles. The van der Waals surface area contributed by atoms with Crippen LogP contribution in [0.25, 0.3) is 66.5 Å². The maximum absolute atomic E-state index is 9.47. The predicted molar refractivity (Wildman–Crippen MR) is 477 cm³/mol. The molecule has 0 amide bonds. The van der Waals surface area contributed by atoms with Gasteiger partial charge < -0.3 is 30.6 Å². The zero-order valence-electron chi connectivity index (χ0n) is 72.5. The Morgan fingerprint density at radius 2 is 0.884 bits per heavy atom. The molecule has 2 saturated carbocycles. The number of benzene rings is 6. The smallest absolute Gasteiger partial charge is 0.0783 e. The van der Waals surface area contributed by atoms with E-state index in [1.165, 1.54) is 151 Å². The average Bonchev–Trinajstić information content (AvgIpc) is 0.770. The molecule has 112 heavy (non-hydrogen) atoms. The van der Waals surface area contributed by atoms with Gasteiger partial charge in [-0.2, -0.15) is 0 Å². The average molecular weight is 2150 g/mol. The fourth-order valence-electron chi connectivity index (χ4n) is 15.4. The van der Waals surface area contributed by atoms with Gasteiger partial charge in [-0.3, -0.25) is 9.97 Å². The molecule has 6 N–H and O–H groups in total. The Kier molecular flexibility index (Phi) is 42.3. The van der Waals surface area contributed by atoms with Crippen LogP contribution in [0.3, 0.4) is 0 Å². The first-order chi connectivity index (χ1) is 50.9. The maximum atomic E-state index is 9.47. The Bertz CT molecular complexity index is 4460. The topological polar surface area (TPSA) is 160 Å². The van der Waals surface area contributed by atoms with Crippen molar-refractivity contribution in [1.82, 2.24) is 15.0 Å². The van der Waals surface area contributed by atoms with Gasteiger partial charge in [0.05, 0.1) is 62.8 Å². The van der Waals surface area contributed by atoms with E-state index in [9.17, 15) is 10.2 Å². The van der Waals surface area contributed by atoms with Gasteiger partial charge in [0.15, 0.2) is 0 Å². The Morgan fingerprint density at radius 3 is 1.26 bits per heavy atom. The van der Waals surface area contributed by atoms with E-state index in [-0.39, 0.29) is 71.8 Å². The van der Waals surface area contributed by atoms with E-state index in [1.807, 2.05) is 13.8 Å². The van der Waals surface area contributed by atoms with Crippen molar-refractivity contribution < 1.29 is 91.0 Å². The number of hydrogen-bond donors (Lipinski definition) is 6. The van der Waals surface area contributed by atoms with Crippen LogP contribution >= 0.6 is 0 Å². The first kappa shape index (κ1) is 101. The van der Waals surface area contributed by atoms with Crippen molar-refractivity contribution in [3.8, 4) is 33.8 Å². The van der Waals surface area contributed by atoms with E-state index >= 15 is 0 Å². The molecular formula is C97H136GeIr3N3O6Si2-3. The summed E-state index contributed by atoms with van der Waals surface area (Å²) in [6, 6.07) is 51.4. The summed E-state index contributed by atoms with van der Waals surface area (Å²) >= 11 is -1.98. The maximum Gasteiger partial charge on any atom is 0.0783 e. The van der Waals surface area contributed by atoms with Crippen LogP contribution in [0.15, 0.2) is 145 Å². The summed E-state index contributed by atoms with van der Waals surface area (Å²) in [5, 5.41) is 60.0. The molecule has 3 unspecified atom stereocenters. The molecule has 3 radical (unpaired) electrons. The number of aromatic nitrogens is 3. The molecule has 2 aliphatic rings. The van der Waals surface area contributed by atoms with Crippen molar-refractivity contribution in [2.75, 3.05) is 0 Å². The number of pyridine rings is 3. The fourth-order valence-corrected chi connectivity index (χ4v) is 24.4. The summed E-state index contributed by atoms with van der Waals surface area (Å²) in [6.45, 7) is 46.4. The minimum atomic E-state index is -1.98. The Morgan fingerprint density at radius 1 is 0.464 bits per heavy atom. The first-order valence-electron chi connectivity index (χ1n) is 40.5. The van der Waals surface area contributed by atoms with Crippen molar-refractivity contribution in [2.24, 2.45) is 17.8 Å². The molecule has 0 spiro atoms. The molecule has 3 atom stereocenters. The SMILES string of the molecule is CC(C)CC(O)=CC(O)CC(C)C.CC(O)=CC(C)O.CC(O)=CC(C)O.Cc1[c-]c(-c2ccc3[c]([Ge]([CH3])([CH3])[CH3])cc(CC(C)C)cc3n2)cc(C)c1.Cc1[c-]c(-c2ccc3c(C4CCCCC4)cc(C4CCCCC4)cc3n2)cc(C)c1.Cc1[c-]c(-c2ccc3c([Si](C)(C)C)c([Si](C)(C)C)ccc3n2)cc(C)c1.[Ir].[Ir].[Ir]. The summed E-state index contributed by atoms with van der Waals surface area (Å²) in [7, 11) is -2.88. The number of rotatable bonds is 17. The van der Waals surface area contributed by atoms with Gasteiger partial charge in [0.25, 0.3) is 0 Å². The second-order valence-electron chi connectivity index (χ2n) is 35.9. The summed E-state index contributed by atoms with van der Waals surface area (Å²) < 4.78 is 1.57. The monoisotopic (exact) mass is 2150 g/mol. The number of aliphatic hydroxyl groups excluding tert-OH is 6. The van der Waals surface area contributed by atoms with Crippen molar-refractivity contribution >= 4 is 76.9 Å². The number of aliphatic hydroxyl groups is 6. The van der Waals surface area contributed by atoms with E-state index in [4.69, 9.17) is 35.4 Å². The molecule has 2 fully saturated rings. The van der Waals surface area contributed by atoms with Crippen molar-refractivity contribution in [3.05, 3.63) is 213 Å². The van der Waals surface area contributed by atoms with Crippen LogP contribution in [-0.2, 0) is 66.7 Å². The summed E-state index contributed by atoms with van der Waals surface area (Å²) in [5.74, 6) is 11.0. The molecule has 15 heteroatoms. The van der Waals surface area contributed by atoms with E-state index in [2.05, 4.69) is 253 Å². The molecule has 9 nitrogen and oxygen atoms in total. The quantitative estimate of drug-likeness (QED) is 0.0296. The Balaban J connectivity index is 0.000000371. The minimum Gasteiger partial charge on any atom is -0.296 e. The third kappa shape index (κ3) is 33.2. The van der Waals surface area contributed by atoms with Crippen molar-refractivity contribution in [3.63, 3.8) is 0 Å². The fraction of sp³-hybridized carbons (Fsp3) is 0.474. The van der Waals surface area contributed by atoms with Gasteiger partial charge in [-0.25, -0.2) is 0 Å². The van der Waals surface area contributed by atoms with Crippen LogP contribution < -0.4 is 14.8 Å². The summed E-state index contributed by atoms with van der Waals surface area (Å²) in [4.78, 5) is 15.3. The molecule has 11 rings (SSSR count). The van der Waals surface area contributed by atoms with Gasteiger partial charge in [0.1, 0.15) is 0 Å². The summed E-state index contributed by atoms with van der Waals surface area (Å²) in [5.41, 5.74) is 21.8. The largest absolute Gasteiger partial charge is 0.296 e. The van der Waals surface area contributed by atoms with Gasteiger partial charge in [-0.15, -0.1) is 69.8 Å². The molecule has 3 aromatic heterocycles. The molecular weight excluding hydrogens is 2010 g/mol. The molecule has 3 heterocycles. The van der Waals surface area contributed by atoms with Crippen molar-refractivity contribution in [1.29, 1.82) is 0 Å². The van der Waals surface area contributed by atoms with E-state index in [0.29, 0.717) is 42.3 Å². The number of allylic oxidation sites excluding steroid dienone is 3. The molecule has 0 aliphatic heterocycles. The molecule has 9 aromatic rings. The van der Waals surface area contributed by atoms with Crippen LogP contribution in [-0.4, -0.2) is 93.3 Å². The van der Waals surface area contributed by atoms with Gasteiger partial charge in [0, 0.05) is 72.1 Å². The van der Waals surface area contributed by atoms with E-state index in [0.717, 1.165) is 57.1 Å². The van der Waals surface area contributed by atoms with Gasteiger partial charge in [-0.1, -0.05) is 180 Å². The molecule has 0 bridgehead atoms. The van der Waals surface area contributed by atoms with Gasteiger partial charge in [0.2, 0.25) is 0 Å². The number of nitrogens with zero attached hydrogens (tertiary/aromatic N) is 3. The molecule has 2 aliphatic carbocycles. The normalized spacial score (nSPS) is 14.7. The minimum absolute atomic E-state index is 0. The summed E-state index contributed by atoms with van der Waals surface area (Å²) in [6.07, 6.45) is 18.9. The number of hydrogen-bond acceptors (Lipinski definition) is 9. The third-order valence-electron chi connectivity index (χ3n) is 19.7. The van der Waals surface area contributed by atoms with Crippen LogP contribution in [0.4, 0.5) is 0 Å². The number of aryl methyl sites for hydroxylation is 6. The van der Waals surface area contributed by atoms with E-state index in [1.54, 1.807) is 45.8 Å². The second-order valence-corrected chi connectivity index (χ2v) is 56.5. The van der Waals surface area contributed by atoms with Crippen molar-refractivity contribution in [2.45, 2.75) is 281 Å². The van der Waals surface area contributed by atoms with E-state index < -0.39 is 47.7 Å². The van der Waals surface area contributed by atoms with Crippen LogP contribution in [0, 0.1) is 77.5 Å². The molecule has 617 valence electrons. The predicted octanol–water partition coefficient (Wildman–Crippen LogP) is 24.4. The van der Waals surface area contributed by atoms with Gasteiger partial charge >= 0.3 is 161 Å². The van der Waals surface area contributed by atoms with Crippen LogP contribution in [0.1, 0.15) is 208 Å². The molecule has 6 aromatic carbocycles. The Hall–Kier alpha value is -5.03.